The van der Waals surface area contributed by atoms with Crippen LogP contribution in [0.5, 0.6) is 0 Å². The highest BCUT2D eigenvalue weighted by Crippen LogP contribution is 2.27. The van der Waals surface area contributed by atoms with E-state index in [-0.39, 0.29) is 24.1 Å². The standard InChI is InChI=1S/C17H20F3N5O/c1-4-13(12-6-5-7-21-9-12)25(3)16(26)22-10-15-23-11(2)8-14(24-15)17(18,19)20/h5-9,13H,4,10H2,1-3H3,(H,22,26)/t13-/m0/s1. The summed E-state index contributed by atoms with van der Waals surface area (Å²) in [4.78, 5) is 25.3. The first-order valence-electron chi connectivity index (χ1n) is 8.04. The van der Waals surface area contributed by atoms with Crippen LogP contribution in [-0.4, -0.2) is 32.9 Å². The molecule has 2 amide bonds. The van der Waals surface area contributed by atoms with E-state index in [2.05, 4.69) is 20.3 Å². The number of alkyl halides is 3. The van der Waals surface area contributed by atoms with Crippen LogP contribution in [0.1, 0.15) is 42.2 Å². The Bertz CT molecular complexity index is 752. The Hall–Kier alpha value is -2.71. The van der Waals surface area contributed by atoms with Gasteiger partial charge >= 0.3 is 12.2 Å². The van der Waals surface area contributed by atoms with E-state index >= 15 is 0 Å². The third-order valence-electron chi connectivity index (χ3n) is 3.83. The summed E-state index contributed by atoms with van der Waals surface area (Å²) >= 11 is 0. The molecule has 0 radical (unpaired) electrons. The maximum absolute atomic E-state index is 12.8. The molecule has 0 saturated carbocycles. The van der Waals surface area contributed by atoms with Crippen LogP contribution in [0.3, 0.4) is 0 Å². The van der Waals surface area contributed by atoms with Crippen LogP contribution in [0, 0.1) is 6.92 Å². The minimum absolute atomic E-state index is 0.0894. The SMILES string of the molecule is CC[C@@H](c1cccnc1)N(C)C(=O)NCc1nc(C)cc(C(F)(F)F)n1. The molecule has 2 aromatic rings. The number of hydrogen-bond acceptors (Lipinski definition) is 4. The molecule has 0 aliphatic carbocycles. The Kier molecular flexibility index (Phi) is 6.12. The minimum Gasteiger partial charge on any atom is -0.331 e. The van der Waals surface area contributed by atoms with Crippen molar-refractivity contribution in [2.45, 2.75) is 39.0 Å². The van der Waals surface area contributed by atoms with Gasteiger partial charge in [-0.1, -0.05) is 13.0 Å². The van der Waals surface area contributed by atoms with Crippen LogP contribution >= 0.6 is 0 Å². The summed E-state index contributed by atoms with van der Waals surface area (Å²) in [7, 11) is 1.62. The van der Waals surface area contributed by atoms with Gasteiger partial charge in [-0.25, -0.2) is 14.8 Å². The van der Waals surface area contributed by atoms with Crippen LogP contribution in [0.15, 0.2) is 30.6 Å². The lowest BCUT2D eigenvalue weighted by atomic mass is 10.1. The maximum Gasteiger partial charge on any atom is 0.433 e. The Labute approximate surface area is 149 Å². The summed E-state index contributed by atoms with van der Waals surface area (Å²) in [6.07, 6.45) is -0.577. The molecule has 6 nitrogen and oxygen atoms in total. The van der Waals surface area contributed by atoms with Crippen molar-refractivity contribution in [1.29, 1.82) is 0 Å². The smallest absolute Gasteiger partial charge is 0.331 e. The van der Waals surface area contributed by atoms with E-state index in [1.54, 1.807) is 25.5 Å². The van der Waals surface area contributed by atoms with Crippen molar-refractivity contribution < 1.29 is 18.0 Å². The van der Waals surface area contributed by atoms with E-state index in [4.69, 9.17) is 0 Å². The zero-order chi connectivity index (χ0) is 19.3. The lowest BCUT2D eigenvalue weighted by molar-refractivity contribution is -0.141. The summed E-state index contributed by atoms with van der Waals surface area (Å²) in [5.41, 5.74) is 0.0370. The van der Waals surface area contributed by atoms with E-state index < -0.39 is 17.9 Å². The van der Waals surface area contributed by atoms with Gasteiger partial charge in [-0.15, -0.1) is 0 Å². The molecule has 0 bridgehead atoms. The van der Waals surface area contributed by atoms with Gasteiger partial charge in [0.05, 0.1) is 12.6 Å². The summed E-state index contributed by atoms with van der Waals surface area (Å²) in [5.74, 6) is -0.0894. The highest BCUT2D eigenvalue weighted by atomic mass is 19.4. The third kappa shape index (κ3) is 4.90. The number of urea groups is 1. The fraction of sp³-hybridized carbons (Fsp3) is 0.412. The number of rotatable bonds is 5. The number of nitrogens with one attached hydrogen (secondary N) is 1. The van der Waals surface area contributed by atoms with Gasteiger partial charge in [0, 0.05) is 25.1 Å². The van der Waals surface area contributed by atoms with Crippen LogP contribution in [0.25, 0.3) is 0 Å². The van der Waals surface area contributed by atoms with Crippen LogP contribution in [-0.2, 0) is 12.7 Å². The maximum atomic E-state index is 12.8. The number of pyridine rings is 1. The predicted octanol–water partition coefficient (Wildman–Crippen LogP) is 3.49. The second-order valence-corrected chi connectivity index (χ2v) is 5.79. The minimum atomic E-state index is -4.56. The lowest BCUT2D eigenvalue weighted by Crippen LogP contribution is -2.39. The van der Waals surface area contributed by atoms with Crippen molar-refractivity contribution in [1.82, 2.24) is 25.2 Å². The molecule has 140 valence electrons. The predicted molar refractivity (Wildman–Crippen MR) is 89.0 cm³/mol. The van der Waals surface area contributed by atoms with Gasteiger partial charge in [0.2, 0.25) is 0 Å². The Balaban J connectivity index is 2.07. The van der Waals surface area contributed by atoms with Gasteiger partial charge < -0.3 is 10.2 Å². The molecule has 0 aliphatic rings. The summed E-state index contributed by atoms with van der Waals surface area (Å²) in [6, 6.07) is 3.88. The number of hydrogen-bond donors (Lipinski definition) is 1. The van der Waals surface area contributed by atoms with Gasteiger partial charge in [-0.05, 0) is 31.0 Å². The van der Waals surface area contributed by atoms with E-state index in [1.807, 2.05) is 13.0 Å². The highest BCUT2D eigenvalue weighted by Gasteiger charge is 2.33. The van der Waals surface area contributed by atoms with E-state index in [0.29, 0.717) is 6.42 Å². The lowest BCUT2D eigenvalue weighted by Gasteiger charge is -2.27. The van der Waals surface area contributed by atoms with Crippen LogP contribution < -0.4 is 5.32 Å². The number of nitrogens with zero attached hydrogens (tertiary/aromatic N) is 4. The zero-order valence-electron chi connectivity index (χ0n) is 14.7. The number of halogens is 3. The van der Waals surface area contributed by atoms with Crippen molar-refractivity contribution in [3.63, 3.8) is 0 Å². The van der Waals surface area contributed by atoms with Crippen LogP contribution in [0.2, 0.25) is 0 Å². The number of amides is 2. The van der Waals surface area contributed by atoms with Gasteiger partial charge in [-0.2, -0.15) is 13.2 Å². The Morgan fingerprint density at radius 1 is 1.35 bits per heavy atom. The van der Waals surface area contributed by atoms with Crippen molar-refractivity contribution >= 4 is 6.03 Å². The van der Waals surface area contributed by atoms with E-state index in [1.165, 1.54) is 11.8 Å². The monoisotopic (exact) mass is 367 g/mol. The topological polar surface area (TPSA) is 71.0 Å². The molecule has 0 saturated heterocycles. The first kappa shape index (κ1) is 19.6. The normalized spacial score (nSPS) is 12.5. The number of carbonyl (C=O) groups is 1. The highest BCUT2D eigenvalue weighted by molar-refractivity contribution is 5.74. The molecule has 0 aliphatic heterocycles. The van der Waals surface area contributed by atoms with Gasteiger partial charge in [0.15, 0.2) is 0 Å². The van der Waals surface area contributed by atoms with Gasteiger partial charge in [-0.3, -0.25) is 4.98 Å². The molecule has 1 atom stereocenters. The molecule has 26 heavy (non-hydrogen) atoms. The average Bonchev–Trinajstić information content (AvgIpc) is 2.60. The second-order valence-electron chi connectivity index (χ2n) is 5.79. The van der Waals surface area contributed by atoms with E-state index in [0.717, 1.165) is 11.6 Å². The molecule has 1 N–H and O–H groups in total. The fourth-order valence-electron chi connectivity index (χ4n) is 2.58. The first-order valence-corrected chi connectivity index (χ1v) is 8.04. The van der Waals surface area contributed by atoms with Crippen molar-refractivity contribution in [3.05, 3.63) is 53.4 Å². The molecule has 0 unspecified atom stereocenters. The van der Waals surface area contributed by atoms with Gasteiger partial charge in [0.25, 0.3) is 0 Å². The summed E-state index contributed by atoms with van der Waals surface area (Å²) in [6.45, 7) is 3.18. The second kappa shape index (κ2) is 8.11. The first-order chi connectivity index (χ1) is 12.2. The van der Waals surface area contributed by atoms with Crippen molar-refractivity contribution in [3.8, 4) is 0 Å². The molecule has 9 heteroatoms. The molecule has 0 aromatic carbocycles. The summed E-state index contributed by atoms with van der Waals surface area (Å²) < 4.78 is 38.5. The Morgan fingerprint density at radius 3 is 2.65 bits per heavy atom. The average molecular weight is 367 g/mol. The molecule has 2 rings (SSSR count). The molecule has 2 aromatic heterocycles. The zero-order valence-corrected chi connectivity index (χ0v) is 14.7. The van der Waals surface area contributed by atoms with Gasteiger partial charge in [0.1, 0.15) is 11.5 Å². The van der Waals surface area contributed by atoms with E-state index in [9.17, 15) is 18.0 Å². The number of aromatic nitrogens is 3. The Morgan fingerprint density at radius 2 is 2.08 bits per heavy atom. The largest absolute Gasteiger partial charge is 0.433 e. The molecule has 0 fully saturated rings. The van der Waals surface area contributed by atoms with Crippen molar-refractivity contribution in [2.24, 2.45) is 0 Å². The quantitative estimate of drug-likeness (QED) is 0.878. The number of carbonyl (C=O) groups excluding carboxylic acids is 1. The fourth-order valence-corrected chi connectivity index (χ4v) is 2.58. The molecule has 0 spiro atoms. The van der Waals surface area contributed by atoms with Crippen LogP contribution in [0.4, 0.5) is 18.0 Å². The van der Waals surface area contributed by atoms with Crippen molar-refractivity contribution in [2.75, 3.05) is 7.05 Å². The third-order valence-corrected chi connectivity index (χ3v) is 3.83. The molecular formula is C17H20F3N5O. The summed E-state index contributed by atoms with van der Waals surface area (Å²) in [5, 5.41) is 2.56. The number of aryl methyl sites for hydroxylation is 1. The molecular weight excluding hydrogens is 347 g/mol. The molecule has 2 heterocycles.